The monoisotopic (exact) mass is 286 g/mol. The quantitative estimate of drug-likeness (QED) is 0.917. The topological polar surface area (TPSA) is 33.1 Å². The van der Waals surface area contributed by atoms with Gasteiger partial charge in [-0.1, -0.05) is 25.5 Å². The fourth-order valence-electron chi connectivity index (χ4n) is 3.22. The van der Waals surface area contributed by atoms with E-state index in [0.29, 0.717) is 5.92 Å². The highest BCUT2D eigenvalue weighted by molar-refractivity contribution is 5.78. The van der Waals surface area contributed by atoms with Crippen LogP contribution in [0.15, 0.2) is 24.3 Å². The number of aromatic nitrogens is 2. The van der Waals surface area contributed by atoms with Crippen molar-refractivity contribution in [2.75, 3.05) is 31.5 Å². The fourth-order valence-corrected chi connectivity index (χ4v) is 3.22. The van der Waals surface area contributed by atoms with E-state index in [1.165, 1.54) is 44.4 Å². The summed E-state index contributed by atoms with van der Waals surface area (Å²) < 4.78 is 2.14. The van der Waals surface area contributed by atoms with Gasteiger partial charge in [-0.3, -0.25) is 0 Å². The van der Waals surface area contributed by atoms with Gasteiger partial charge in [-0.15, -0.1) is 0 Å². The van der Waals surface area contributed by atoms with E-state index in [0.717, 1.165) is 18.0 Å². The Labute approximate surface area is 127 Å². The van der Waals surface area contributed by atoms with Crippen LogP contribution in [0.1, 0.15) is 26.2 Å². The fraction of sp³-hybridized carbons (Fsp3) is 0.588. The van der Waals surface area contributed by atoms with Crippen molar-refractivity contribution >= 4 is 17.0 Å². The minimum Gasteiger partial charge on any atom is -0.355 e. The molecule has 0 aliphatic carbocycles. The second kappa shape index (κ2) is 6.48. The van der Waals surface area contributed by atoms with E-state index in [-0.39, 0.29) is 0 Å². The van der Waals surface area contributed by atoms with Gasteiger partial charge in [0.1, 0.15) is 0 Å². The highest BCUT2D eigenvalue weighted by atomic mass is 15.2. The minimum atomic E-state index is 0.642. The average molecular weight is 286 g/mol. The SMILES string of the molecule is CC(CNc1nc2ccccc2n1C)CN1CCCCC1. The summed E-state index contributed by atoms with van der Waals surface area (Å²) in [5.74, 6) is 1.62. The Bertz CT molecular complexity index is 583. The first-order valence-electron chi connectivity index (χ1n) is 8.12. The van der Waals surface area contributed by atoms with Gasteiger partial charge >= 0.3 is 0 Å². The number of nitrogens with zero attached hydrogens (tertiary/aromatic N) is 3. The Morgan fingerprint density at radius 1 is 1.19 bits per heavy atom. The number of benzene rings is 1. The van der Waals surface area contributed by atoms with Gasteiger partial charge < -0.3 is 14.8 Å². The normalized spacial score (nSPS) is 18.0. The molecule has 0 saturated carbocycles. The lowest BCUT2D eigenvalue weighted by atomic mass is 10.1. The predicted molar refractivity (Wildman–Crippen MR) is 88.7 cm³/mol. The summed E-state index contributed by atoms with van der Waals surface area (Å²) in [5, 5.41) is 3.52. The van der Waals surface area contributed by atoms with Crippen LogP contribution >= 0.6 is 0 Å². The summed E-state index contributed by atoms with van der Waals surface area (Å²) in [6, 6.07) is 8.28. The zero-order valence-electron chi connectivity index (χ0n) is 13.2. The number of nitrogens with one attached hydrogen (secondary N) is 1. The Kier molecular flexibility index (Phi) is 4.44. The van der Waals surface area contributed by atoms with E-state index in [2.05, 4.69) is 51.9 Å². The van der Waals surface area contributed by atoms with E-state index < -0.39 is 0 Å². The number of rotatable bonds is 5. The van der Waals surface area contributed by atoms with Gasteiger partial charge in [0, 0.05) is 20.1 Å². The first-order chi connectivity index (χ1) is 10.2. The summed E-state index contributed by atoms with van der Waals surface area (Å²) in [4.78, 5) is 7.27. The van der Waals surface area contributed by atoms with Crippen LogP contribution in [0, 0.1) is 5.92 Å². The molecule has 1 aromatic heterocycles. The number of hydrogen-bond donors (Lipinski definition) is 1. The highest BCUT2D eigenvalue weighted by Crippen LogP contribution is 2.18. The van der Waals surface area contributed by atoms with Crippen molar-refractivity contribution in [1.29, 1.82) is 0 Å². The second-order valence-corrected chi connectivity index (χ2v) is 6.33. The van der Waals surface area contributed by atoms with Crippen molar-refractivity contribution in [2.24, 2.45) is 13.0 Å². The lowest BCUT2D eigenvalue weighted by molar-refractivity contribution is 0.204. The molecule has 1 fully saturated rings. The Morgan fingerprint density at radius 2 is 1.95 bits per heavy atom. The molecule has 1 unspecified atom stereocenters. The molecule has 0 amide bonds. The number of anilines is 1. The molecule has 21 heavy (non-hydrogen) atoms. The smallest absolute Gasteiger partial charge is 0.203 e. The standard InChI is InChI=1S/C17H26N4/c1-14(13-21-10-6-3-7-11-21)12-18-17-19-15-8-4-5-9-16(15)20(17)2/h4-5,8-9,14H,3,6-7,10-13H2,1-2H3,(H,18,19). The average Bonchev–Trinajstić information content (AvgIpc) is 2.83. The van der Waals surface area contributed by atoms with Crippen LogP contribution in [0.4, 0.5) is 5.95 Å². The van der Waals surface area contributed by atoms with Crippen molar-refractivity contribution in [2.45, 2.75) is 26.2 Å². The zero-order valence-corrected chi connectivity index (χ0v) is 13.2. The van der Waals surface area contributed by atoms with Gasteiger partial charge in [0.05, 0.1) is 11.0 Å². The molecule has 2 heterocycles. The van der Waals surface area contributed by atoms with Crippen LogP contribution in [0.2, 0.25) is 0 Å². The first-order valence-corrected chi connectivity index (χ1v) is 8.12. The molecule has 0 radical (unpaired) electrons. The maximum atomic E-state index is 4.67. The highest BCUT2D eigenvalue weighted by Gasteiger charge is 2.14. The lowest BCUT2D eigenvalue weighted by Gasteiger charge is -2.29. The number of hydrogen-bond acceptors (Lipinski definition) is 3. The van der Waals surface area contributed by atoms with Gasteiger partial charge in [0.2, 0.25) is 5.95 Å². The van der Waals surface area contributed by atoms with Crippen molar-refractivity contribution in [3.8, 4) is 0 Å². The molecule has 0 bridgehead atoms. The number of imidazole rings is 1. The van der Waals surface area contributed by atoms with Gasteiger partial charge in [-0.25, -0.2) is 4.98 Å². The molecule has 1 N–H and O–H groups in total. The van der Waals surface area contributed by atoms with Gasteiger partial charge in [0.15, 0.2) is 0 Å². The molecule has 3 rings (SSSR count). The zero-order chi connectivity index (χ0) is 14.7. The molecule has 1 aromatic carbocycles. The van der Waals surface area contributed by atoms with Crippen molar-refractivity contribution in [1.82, 2.24) is 14.5 Å². The lowest BCUT2D eigenvalue weighted by Crippen LogP contribution is -2.35. The number of para-hydroxylation sites is 2. The van der Waals surface area contributed by atoms with Crippen molar-refractivity contribution in [3.05, 3.63) is 24.3 Å². The van der Waals surface area contributed by atoms with E-state index in [1.807, 2.05) is 6.07 Å². The minimum absolute atomic E-state index is 0.642. The third-order valence-corrected chi connectivity index (χ3v) is 4.41. The second-order valence-electron chi connectivity index (χ2n) is 6.33. The van der Waals surface area contributed by atoms with Crippen molar-refractivity contribution in [3.63, 3.8) is 0 Å². The molecule has 4 nitrogen and oxygen atoms in total. The summed E-state index contributed by atoms with van der Waals surface area (Å²) in [7, 11) is 2.08. The third-order valence-electron chi connectivity index (χ3n) is 4.41. The number of piperidine rings is 1. The number of fused-ring (bicyclic) bond motifs is 1. The number of aryl methyl sites for hydroxylation is 1. The molecule has 4 heteroatoms. The summed E-state index contributed by atoms with van der Waals surface area (Å²) in [6.45, 7) is 7.04. The first kappa shape index (κ1) is 14.4. The molecule has 1 aliphatic rings. The van der Waals surface area contributed by atoms with Gasteiger partial charge in [-0.05, 0) is 44.0 Å². The van der Waals surface area contributed by atoms with Crippen LogP contribution in [0.3, 0.4) is 0 Å². The van der Waals surface area contributed by atoms with E-state index in [9.17, 15) is 0 Å². The Morgan fingerprint density at radius 3 is 2.71 bits per heavy atom. The molecule has 1 saturated heterocycles. The molecule has 1 atom stereocenters. The molecule has 2 aromatic rings. The molecular formula is C17H26N4. The predicted octanol–water partition coefficient (Wildman–Crippen LogP) is 3.11. The number of likely N-dealkylation sites (tertiary alicyclic amines) is 1. The molecule has 114 valence electrons. The van der Waals surface area contributed by atoms with Crippen molar-refractivity contribution < 1.29 is 0 Å². The maximum absolute atomic E-state index is 4.67. The molecule has 0 spiro atoms. The third kappa shape index (κ3) is 3.38. The maximum Gasteiger partial charge on any atom is 0.203 e. The molecular weight excluding hydrogens is 260 g/mol. The van der Waals surface area contributed by atoms with Crippen LogP contribution in [-0.2, 0) is 7.05 Å². The molecule has 1 aliphatic heterocycles. The Balaban J connectivity index is 1.56. The van der Waals surface area contributed by atoms with Gasteiger partial charge in [-0.2, -0.15) is 0 Å². The summed E-state index contributed by atoms with van der Waals surface area (Å²) in [5.41, 5.74) is 2.25. The van der Waals surface area contributed by atoms with Crippen LogP contribution in [0.5, 0.6) is 0 Å². The summed E-state index contributed by atoms with van der Waals surface area (Å²) >= 11 is 0. The van der Waals surface area contributed by atoms with Gasteiger partial charge in [0.25, 0.3) is 0 Å². The van der Waals surface area contributed by atoms with Crippen LogP contribution < -0.4 is 5.32 Å². The van der Waals surface area contributed by atoms with Crippen LogP contribution in [-0.4, -0.2) is 40.6 Å². The van der Waals surface area contributed by atoms with E-state index in [1.54, 1.807) is 0 Å². The van der Waals surface area contributed by atoms with Crippen LogP contribution in [0.25, 0.3) is 11.0 Å². The Hall–Kier alpha value is -1.55. The van der Waals surface area contributed by atoms with E-state index in [4.69, 9.17) is 0 Å². The summed E-state index contributed by atoms with van der Waals surface area (Å²) in [6.07, 6.45) is 4.14. The van der Waals surface area contributed by atoms with E-state index >= 15 is 0 Å². The largest absolute Gasteiger partial charge is 0.355 e.